The number of nitrogens with one attached hydrogen (secondary N) is 1. The average Bonchev–Trinajstić information content (AvgIpc) is 2.98. The highest BCUT2D eigenvalue weighted by Gasteiger charge is 2.51. The Kier molecular flexibility index (Phi) is 12.0. The highest BCUT2D eigenvalue weighted by atomic mass is 35.6. The molecule has 0 aliphatic carbocycles. The molecule has 4 rings (SSSR count). The Balaban J connectivity index is 1.68. The minimum atomic E-state index is -2.15. The van der Waals surface area contributed by atoms with Crippen molar-refractivity contribution in [3.8, 4) is 0 Å². The third-order valence-electron chi connectivity index (χ3n) is 6.39. The topological polar surface area (TPSA) is 96.3 Å². The molecule has 1 aliphatic rings. The smallest absolute Gasteiger partial charge is 0.302 e. The molecule has 3 aromatic rings. The Morgan fingerprint density at radius 1 is 0.738 bits per heavy atom. The first-order valence-electron chi connectivity index (χ1n) is 13.3. The highest BCUT2D eigenvalue weighted by molar-refractivity contribution is 6.76. The summed E-state index contributed by atoms with van der Waals surface area (Å²) >= 11 is 17.8. The Morgan fingerprint density at radius 3 is 1.60 bits per heavy atom. The molecule has 224 valence electrons. The van der Waals surface area contributed by atoms with Gasteiger partial charge >= 0.3 is 5.97 Å². The second-order valence-corrected chi connectivity index (χ2v) is 11.9. The van der Waals surface area contributed by atoms with E-state index in [4.69, 9.17) is 68.6 Å². The van der Waals surface area contributed by atoms with Crippen molar-refractivity contribution in [1.82, 2.24) is 0 Å². The van der Waals surface area contributed by atoms with Crippen LogP contribution in [0.25, 0.3) is 0 Å². The van der Waals surface area contributed by atoms with Crippen LogP contribution in [0.1, 0.15) is 23.6 Å². The molecule has 0 saturated carbocycles. The number of ether oxygens (including phenoxy) is 6. The quantitative estimate of drug-likeness (QED) is 0.106. The lowest BCUT2D eigenvalue weighted by Gasteiger charge is -2.45. The molecule has 0 amide bonds. The van der Waals surface area contributed by atoms with E-state index in [-0.39, 0.29) is 26.4 Å². The molecule has 0 spiro atoms. The molecule has 42 heavy (non-hydrogen) atoms. The highest BCUT2D eigenvalue weighted by Crippen LogP contribution is 2.34. The second-order valence-electron chi connectivity index (χ2n) is 9.57. The maximum Gasteiger partial charge on any atom is 0.302 e. The van der Waals surface area contributed by atoms with Crippen molar-refractivity contribution in [3.63, 3.8) is 0 Å². The first-order valence-corrected chi connectivity index (χ1v) is 14.4. The van der Waals surface area contributed by atoms with Gasteiger partial charge < -0.3 is 28.4 Å². The third kappa shape index (κ3) is 9.67. The van der Waals surface area contributed by atoms with E-state index in [2.05, 4.69) is 0 Å². The van der Waals surface area contributed by atoms with Gasteiger partial charge in [-0.3, -0.25) is 10.2 Å². The summed E-state index contributed by atoms with van der Waals surface area (Å²) in [5.74, 6) is -1.17. The number of carbonyl (C=O) groups excluding carboxylic acids is 1. The van der Waals surface area contributed by atoms with E-state index in [1.807, 2.05) is 91.0 Å². The summed E-state index contributed by atoms with van der Waals surface area (Å²) in [5, 5.41) is 8.23. The molecule has 1 heterocycles. The molecule has 1 N–H and O–H groups in total. The fourth-order valence-electron chi connectivity index (χ4n) is 4.36. The van der Waals surface area contributed by atoms with Crippen LogP contribution in [0.4, 0.5) is 0 Å². The summed E-state index contributed by atoms with van der Waals surface area (Å²) in [6.45, 7) is 1.71. The van der Waals surface area contributed by atoms with Crippen molar-refractivity contribution in [1.29, 1.82) is 5.41 Å². The SMILES string of the molecule is CC(=O)OC[C@H]1O[C@H](OC(=N)C(Cl)(Cl)Cl)[C@@H](OCc2ccccc2)[C@@H](OCc2ccccc2)[C@@H]1OCc1ccccc1. The van der Waals surface area contributed by atoms with Crippen LogP contribution in [0.3, 0.4) is 0 Å². The normalized spacial score (nSPS) is 22.3. The molecule has 0 radical (unpaired) electrons. The fraction of sp³-hybridized carbons (Fsp3) is 0.355. The van der Waals surface area contributed by atoms with Crippen LogP contribution in [-0.2, 0) is 53.0 Å². The van der Waals surface area contributed by atoms with Gasteiger partial charge in [-0.1, -0.05) is 126 Å². The number of esters is 1. The van der Waals surface area contributed by atoms with Crippen molar-refractivity contribution >= 4 is 46.7 Å². The van der Waals surface area contributed by atoms with Crippen LogP contribution in [0.2, 0.25) is 0 Å². The van der Waals surface area contributed by atoms with Crippen LogP contribution in [0.15, 0.2) is 91.0 Å². The first kappa shape index (κ1) is 32.2. The summed E-state index contributed by atoms with van der Waals surface area (Å²) in [4.78, 5) is 11.8. The van der Waals surface area contributed by atoms with Gasteiger partial charge in [0.25, 0.3) is 3.79 Å². The summed E-state index contributed by atoms with van der Waals surface area (Å²) in [6.07, 6.45) is -4.69. The van der Waals surface area contributed by atoms with E-state index in [9.17, 15) is 4.79 Å². The predicted octanol–water partition coefficient (Wildman–Crippen LogP) is 6.39. The number of hydrogen-bond donors (Lipinski definition) is 1. The van der Waals surface area contributed by atoms with E-state index < -0.39 is 46.4 Å². The van der Waals surface area contributed by atoms with Gasteiger partial charge in [0, 0.05) is 6.92 Å². The van der Waals surface area contributed by atoms with E-state index in [0.717, 1.165) is 16.7 Å². The zero-order valence-corrected chi connectivity index (χ0v) is 25.1. The Hall–Kier alpha value is -2.69. The minimum Gasteiger partial charge on any atom is -0.463 e. The number of hydrogen-bond acceptors (Lipinski definition) is 8. The van der Waals surface area contributed by atoms with Crippen molar-refractivity contribution in [2.24, 2.45) is 0 Å². The van der Waals surface area contributed by atoms with Crippen molar-refractivity contribution in [3.05, 3.63) is 108 Å². The van der Waals surface area contributed by atoms with Crippen molar-refractivity contribution in [2.45, 2.75) is 61.2 Å². The number of benzene rings is 3. The Bertz CT molecular complexity index is 1260. The first-order chi connectivity index (χ1) is 20.2. The number of alkyl halides is 3. The Morgan fingerprint density at radius 2 is 1.17 bits per heavy atom. The molecular formula is C31H32Cl3NO7. The van der Waals surface area contributed by atoms with E-state index in [0.29, 0.717) is 0 Å². The molecule has 1 fully saturated rings. The molecule has 5 atom stereocenters. The summed E-state index contributed by atoms with van der Waals surface area (Å²) in [6, 6.07) is 28.7. The average molecular weight is 637 g/mol. The maximum atomic E-state index is 11.8. The van der Waals surface area contributed by atoms with Gasteiger partial charge in [-0.15, -0.1) is 0 Å². The van der Waals surface area contributed by atoms with Gasteiger partial charge in [-0.25, -0.2) is 0 Å². The molecule has 0 bridgehead atoms. The van der Waals surface area contributed by atoms with Crippen LogP contribution < -0.4 is 0 Å². The van der Waals surface area contributed by atoms with Gasteiger partial charge in [0.05, 0.1) is 19.8 Å². The van der Waals surface area contributed by atoms with Crippen molar-refractivity contribution in [2.75, 3.05) is 6.61 Å². The van der Waals surface area contributed by atoms with Gasteiger partial charge in [0.2, 0.25) is 12.2 Å². The molecule has 0 unspecified atom stereocenters. The lowest BCUT2D eigenvalue weighted by atomic mass is 9.97. The number of rotatable bonds is 12. The lowest BCUT2D eigenvalue weighted by molar-refractivity contribution is -0.312. The monoisotopic (exact) mass is 635 g/mol. The summed E-state index contributed by atoms with van der Waals surface area (Å²) in [5.41, 5.74) is 2.72. The van der Waals surface area contributed by atoms with Crippen LogP contribution in [0, 0.1) is 5.41 Å². The predicted molar refractivity (Wildman–Crippen MR) is 159 cm³/mol. The summed E-state index contributed by atoms with van der Waals surface area (Å²) < 4.78 is 34.4. The number of carbonyl (C=O) groups is 1. The van der Waals surface area contributed by atoms with Gasteiger partial charge in [0.1, 0.15) is 31.0 Å². The standard InChI is InChI=1S/C31H32Cl3NO7/c1-21(36)37-20-25-26(38-17-22-11-5-2-6-12-22)27(39-18-23-13-7-3-8-14-23)28(40-19-24-15-9-4-10-16-24)29(41-25)42-30(35)31(32,33)34/h2-16,25-29,35H,17-20H2,1H3/t25-,26-,27+,28+,29-/m1/s1. The molecule has 0 aromatic heterocycles. The molecule has 11 heteroatoms. The molecular weight excluding hydrogens is 605 g/mol. The lowest BCUT2D eigenvalue weighted by Crippen LogP contribution is -2.62. The molecule has 1 saturated heterocycles. The van der Waals surface area contributed by atoms with E-state index in [1.165, 1.54) is 6.92 Å². The van der Waals surface area contributed by atoms with Gasteiger partial charge in [0.15, 0.2) is 0 Å². The largest absolute Gasteiger partial charge is 0.463 e. The zero-order valence-electron chi connectivity index (χ0n) is 22.9. The Labute approximate surface area is 260 Å². The molecule has 1 aliphatic heterocycles. The van der Waals surface area contributed by atoms with Gasteiger partial charge in [-0.2, -0.15) is 0 Å². The van der Waals surface area contributed by atoms with Crippen LogP contribution in [-0.4, -0.2) is 53.0 Å². The van der Waals surface area contributed by atoms with Crippen LogP contribution >= 0.6 is 34.8 Å². The third-order valence-corrected chi connectivity index (χ3v) is 6.90. The number of halogens is 3. The fourth-order valence-corrected chi connectivity index (χ4v) is 4.49. The van der Waals surface area contributed by atoms with Gasteiger partial charge in [-0.05, 0) is 16.7 Å². The van der Waals surface area contributed by atoms with Crippen molar-refractivity contribution < 1.29 is 33.2 Å². The second kappa shape index (κ2) is 15.7. The molecule has 8 nitrogen and oxygen atoms in total. The molecule has 3 aromatic carbocycles. The summed E-state index contributed by atoms with van der Waals surface area (Å²) in [7, 11) is 0. The zero-order chi connectivity index (χ0) is 30.0. The van der Waals surface area contributed by atoms with Crippen LogP contribution in [0.5, 0.6) is 0 Å². The van der Waals surface area contributed by atoms with E-state index >= 15 is 0 Å². The maximum absolute atomic E-state index is 11.8. The minimum absolute atomic E-state index is 0.168. The van der Waals surface area contributed by atoms with E-state index in [1.54, 1.807) is 0 Å².